The smallest absolute Gasteiger partial charge is 0.378 e. The fourth-order valence-corrected chi connectivity index (χ4v) is 1.96. The summed E-state index contributed by atoms with van der Waals surface area (Å²) in [4.78, 5) is 0. The Morgan fingerprint density at radius 1 is 1.32 bits per heavy atom. The molecule has 0 fully saturated rings. The lowest BCUT2D eigenvalue weighted by Crippen LogP contribution is -2.47. The maximum atomic E-state index is 13.0. The van der Waals surface area contributed by atoms with Crippen LogP contribution in [0.2, 0.25) is 0 Å². The molecule has 19 heavy (non-hydrogen) atoms. The Morgan fingerprint density at radius 3 is 2.32 bits per heavy atom. The molecule has 1 rings (SSSR count). The van der Waals surface area contributed by atoms with Gasteiger partial charge in [0.2, 0.25) is 0 Å². The van der Waals surface area contributed by atoms with Gasteiger partial charge in [-0.3, -0.25) is 0 Å². The zero-order valence-corrected chi connectivity index (χ0v) is 12.7. The van der Waals surface area contributed by atoms with Crippen LogP contribution in [0.5, 0.6) is 0 Å². The molecule has 1 aromatic carbocycles. The van der Waals surface area contributed by atoms with E-state index in [0.29, 0.717) is 4.47 Å². The van der Waals surface area contributed by atoms with E-state index >= 15 is 0 Å². The number of benzene rings is 1. The summed E-state index contributed by atoms with van der Waals surface area (Å²) in [6, 6.07) is 4.07. The van der Waals surface area contributed by atoms with E-state index in [1.54, 1.807) is 6.07 Å². The maximum absolute atomic E-state index is 13.0. The van der Waals surface area contributed by atoms with Crippen molar-refractivity contribution < 1.29 is 13.2 Å². The highest BCUT2D eigenvalue weighted by molar-refractivity contribution is 9.10. The van der Waals surface area contributed by atoms with Gasteiger partial charge in [0.1, 0.15) is 0 Å². The fraction of sp³-hybridized carbons (Fsp3) is 0.538. The van der Waals surface area contributed by atoms with Gasteiger partial charge in [0.15, 0.2) is 0 Å². The van der Waals surface area contributed by atoms with Crippen molar-refractivity contribution in [3.63, 3.8) is 0 Å². The Labute approximate surface area is 119 Å². The number of rotatable bonds is 4. The zero-order valence-electron chi connectivity index (χ0n) is 11.1. The van der Waals surface area contributed by atoms with E-state index in [4.69, 9.17) is 5.73 Å². The van der Waals surface area contributed by atoms with E-state index < -0.39 is 17.3 Å². The Morgan fingerprint density at radius 2 is 1.89 bits per heavy atom. The van der Waals surface area contributed by atoms with Gasteiger partial charge in [-0.25, -0.2) is 0 Å². The van der Waals surface area contributed by atoms with Crippen LogP contribution in [-0.4, -0.2) is 12.1 Å². The molecule has 2 nitrogen and oxygen atoms in total. The number of hydrogen-bond donors (Lipinski definition) is 2. The first-order valence-electron chi connectivity index (χ1n) is 5.95. The highest BCUT2D eigenvalue weighted by Gasteiger charge is 2.36. The molecule has 0 aliphatic carbocycles. The first-order valence-corrected chi connectivity index (χ1v) is 6.74. The third-order valence-electron chi connectivity index (χ3n) is 3.41. The quantitative estimate of drug-likeness (QED) is 0.861. The Kier molecular flexibility index (Phi) is 4.90. The van der Waals surface area contributed by atoms with Gasteiger partial charge in [0.25, 0.3) is 0 Å². The van der Waals surface area contributed by atoms with E-state index in [0.717, 1.165) is 6.07 Å². The number of nitrogens with two attached hydrogens (primary N) is 1. The van der Waals surface area contributed by atoms with Crippen LogP contribution in [0.4, 0.5) is 18.9 Å². The summed E-state index contributed by atoms with van der Waals surface area (Å²) in [7, 11) is 0. The molecule has 0 heterocycles. The molecule has 0 aliphatic rings. The zero-order chi connectivity index (χ0) is 14.8. The van der Waals surface area contributed by atoms with E-state index in [9.17, 15) is 13.2 Å². The molecule has 0 aliphatic heterocycles. The second kappa shape index (κ2) is 5.71. The first kappa shape index (κ1) is 16.3. The van der Waals surface area contributed by atoms with Crippen LogP contribution in [0.3, 0.4) is 0 Å². The Hall–Kier alpha value is -0.750. The molecule has 1 unspecified atom stereocenters. The van der Waals surface area contributed by atoms with Crippen molar-refractivity contribution in [2.75, 3.05) is 11.9 Å². The molecule has 3 N–H and O–H groups in total. The number of nitrogens with one attached hydrogen (secondary N) is 1. The fourth-order valence-electron chi connectivity index (χ4n) is 1.60. The Balaban J connectivity index is 3.21. The van der Waals surface area contributed by atoms with E-state index in [1.807, 2.05) is 20.8 Å². The topological polar surface area (TPSA) is 38.0 Å². The molecule has 0 saturated heterocycles. The lowest BCUT2D eigenvalue weighted by atomic mass is 9.88. The molecule has 0 aromatic heterocycles. The minimum Gasteiger partial charge on any atom is -0.378 e. The van der Waals surface area contributed by atoms with Gasteiger partial charge in [0, 0.05) is 22.2 Å². The van der Waals surface area contributed by atoms with Crippen molar-refractivity contribution in [1.82, 2.24) is 0 Å². The van der Waals surface area contributed by atoms with Gasteiger partial charge in [-0.05, 0) is 31.0 Å². The lowest BCUT2D eigenvalue weighted by Gasteiger charge is -2.35. The summed E-state index contributed by atoms with van der Waals surface area (Å²) < 4.78 is 39.4. The van der Waals surface area contributed by atoms with Gasteiger partial charge in [-0.1, -0.05) is 29.8 Å². The number of halogens is 4. The second-order valence-corrected chi connectivity index (χ2v) is 6.00. The van der Waals surface area contributed by atoms with Crippen LogP contribution in [0, 0.1) is 5.92 Å². The molecule has 0 bridgehead atoms. The summed E-state index contributed by atoms with van der Waals surface area (Å²) in [6.07, 6.45) is -4.40. The highest BCUT2D eigenvalue weighted by Crippen LogP contribution is 2.38. The number of anilines is 1. The maximum Gasteiger partial charge on any atom is 0.418 e. The first-order chi connectivity index (χ1) is 8.60. The van der Waals surface area contributed by atoms with E-state index in [-0.39, 0.29) is 18.2 Å². The van der Waals surface area contributed by atoms with Gasteiger partial charge in [-0.2, -0.15) is 13.2 Å². The monoisotopic (exact) mass is 338 g/mol. The third kappa shape index (κ3) is 3.86. The Bertz CT molecular complexity index is 446. The summed E-state index contributed by atoms with van der Waals surface area (Å²) >= 11 is 3.06. The van der Waals surface area contributed by atoms with Crippen LogP contribution >= 0.6 is 15.9 Å². The minimum absolute atomic E-state index is 0.0531. The predicted molar refractivity (Wildman–Crippen MR) is 75.1 cm³/mol. The molecule has 0 amide bonds. The summed E-state index contributed by atoms with van der Waals surface area (Å²) in [5, 5.41) is 2.94. The molecular weight excluding hydrogens is 321 g/mol. The van der Waals surface area contributed by atoms with Crippen LogP contribution in [0.25, 0.3) is 0 Å². The summed E-state index contributed by atoms with van der Waals surface area (Å²) in [6.45, 7) is 5.91. The molecule has 108 valence electrons. The largest absolute Gasteiger partial charge is 0.418 e. The van der Waals surface area contributed by atoms with E-state index in [2.05, 4.69) is 21.2 Å². The summed E-state index contributed by atoms with van der Waals surface area (Å²) in [5.41, 5.74) is 4.46. The summed E-state index contributed by atoms with van der Waals surface area (Å²) in [5.74, 6) is 0.0993. The van der Waals surface area contributed by atoms with Crippen LogP contribution in [0.15, 0.2) is 22.7 Å². The van der Waals surface area contributed by atoms with E-state index in [1.165, 1.54) is 6.07 Å². The highest BCUT2D eigenvalue weighted by atomic mass is 79.9. The van der Waals surface area contributed by atoms with Crippen molar-refractivity contribution in [1.29, 1.82) is 0 Å². The van der Waals surface area contributed by atoms with Crippen LogP contribution < -0.4 is 11.1 Å². The van der Waals surface area contributed by atoms with Gasteiger partial charge in [-0.15, -0.1) is 0 Å². The molecule has 0 radical (unpaired) electrons. The third-order valence-corrected chi connectivity index (χ3v) is 3.90. The SMILES string of the molecule is CC(C)C(C)(CN)Nc1ccc(Br)cc1C(F)(F)F. The number of hydrogen-bond acceptors (Lipinski definition) is 2. The van der Waals surface area contributed by atoms with Crippen molar-refractivity contribution >= 4 is 21.6 Å². The number of alkyl halides is 3. The van der Waals surface area contributed by atoms with Crippen LogP contribution in [0.1, 0.15) is 26.3 Å². The van der Waals surface area contributed by atoms with Crippen LogP contribution in [-0.2, 0) is 6.18 Å². The normalized spacial score (nSPS) is 15.4. The molecule has 1 aromatic rings. The average molecular weight is 339 g/mol. The molecule has 1 atom stereocenters. The predicted octanol–water partition coefficient (Wildman–Crippen LogP) is 4.25. The van der Waals surface area contributed by atoms with Gasteiger partial charge < -0.3 is 11.1 Å². The molecular formula is C13H18BrF3N2. The second-order valence-electron chi connectivity index (χ2n) is 5.09. The molecule has 0 saturated carbocycles. The van der Waals surface area contributed by atoms with Crippen molar-refractivity contribution in [3.05, 3.63) is 28.2 Å². The van der Waals surface area contributed by atoms with Crippen molar-refractivity contribution in [2.45, 2.75) is 32.5 Å². The van der Waals surface area contributed by atoms with Crippen molar-refractivity contribution in [2.24, 2.45) is 11.7 Å². The van der Waals surface area contributed by atoms with Gasteiger partial charge >= 0.3 is 6.18 Å². The van der Waals surface area contributed by atoms with Gasteiger partial charge in [0.05, 0.1) is 5.56 Å². The molecule has 6 heteroatoms. The lowest BCUT2D eigenvalue weighted by molar-refractivity contribution is -0.137. The minimum atomic E-state index is -4.40. The standard InChI is InChI=1S/C13H18BrF3N2/c1-8(2)12(3,7-18)19-11-5-4-9(14)6-10(11)13(15,16)17/h4-6,8,19H,7,18H2,1-3H3. The average Bonchev–Trinajstić information content (AvgIpc) is 2.29. The van der Waals surface area contributed by atoms with Crippen molar-refractivity contribution in [3.8, 4) is 0 Å². The molecule has 0 spiro atoms.